The summed E-state index contributed by atoms with van der Waals surface area (Å²) in [6, 6.07) is 0. The van der Waals surface area contributed by atoms with Gasteiger partial charge in [-0.1, -0.05) is 332 Å². The molecule has 0 aromatic heterocycles. The van der Waals surface area contributed by atoms with Crippen LogP contribution in [0.15, 0.2) is 48.6 Å². The zero-order valence-electron chi connectivity index (χ0n) is 51.3. The van der Waals surface area contributed by atoms with E-state index in [2.05, 4.69) is 62.5 Å². The smallest absolute Gasteiger partial charge is 0.306 e. The summed E-state index contributed by atoms with van der Waals surface area (Å²) in [5.41, 5.74) is 0. The van der Waals surface area contributed by atoms with Crippen molar-refractivity contribution in [3.8, 4) is 0 Å². The second kappa shape index (κ2) is 67.1. The molecule has 1 unspecified atom stereocenters. The van der Waals surface area contributed by atoms with Crippen LogP contribution in [0.4, 0.5) is 0 Å². The Labute approximate surface area is 475 Å². The summed E-state index contributed by atoms with van der Waals surface area (Å²) < 4.78 is 10.8. The van der Waals surface area contributed by atoms with Gasteiger partial charge < -0.3 is 14.6 Å². The van der Waals surface area contributed by atoms with Crippen LogP contribution >= 0.6 is 0 Å². The van der Waals surface area contributed by atoms with Crippen LogP contribution in [0, 0.1) is 0 Å². The van der Waals surface area contributed by atoms with Crippen molar-refractivity contribution in [3.63, 3.8) is 0 Å². The van der Waals surface area contributed by atoms with Gasteiger partial charge in [-0.3, -0.25) is 9.59 Å². The summed E-state index contributed by atoms with van der Waals surface area (Å²) in [4.78, 5) is 24.6. The van der Waals surface area contributed by atoms with Gasteiger partial charge in [-0.2, -0.15) is 0 Å². The molecular formula is C71H132O5. The molecule has 0 amide bonds. The molecule has 76 heavy (non-hydrogen) atoms. The lowest BCUT2D eigenvalue weighted by Gasteiger charge is -2.15. The van der Waals surface area contributed by atoms with Crippen molar-refractivity contribution in [2.45, 2.75) is 380 Å². The van der Waals surface area contributed by atoms with Gasteiger partial charge in [0.2, 0.25) is 0 Å². The summed E-state index contributed by atoms with van der Waals surface area (Å²) in [7, 11) is 0. The molecule has 0 radical (unpaired) electrons. The number of unbranched alkanes of at least 4 members (excludes halogenated alkanes) is 48. The van der Waals surface area contributed by atoms with Crippen molar-refractivity contribution in [2.75, 3.05) is 13.2 Å². The first-order chi connectivity index (χ1) is 37.6. The number of hydrogen-bond acceptors (Lipinski definition) is 5. The number of rotatable bonds is 64. The van der Waals surface area contributed by atoms with Crippen molar-refractivity contribution >= 4 is 11.9 Å². The predicted molar refractivity (Wildman–Crippen MR) is 334 cm³/mol. The van der Waals surface area contributed by atoms with E-state index in [0.29, 0.717) is 12.8 Å². The molecule has 0 heterocycles. The maximum absolute atomic E-state index is 12.4. The maximum atomic E-state index is 12.4. The molecule has 0 saturated carbocycles. The first-order valence-electron chi connectivity index (χ1n) is 34.2. The number of aliphatic hydroxyl groups is 1. The standard InChI is InChI=1S/C71H132O5/c1-3-5-7-9-11-13-15-17-19-21-23-25-27-29-31-32-33-34-35-36-37-38-40-42-44-46-48-50-52-54-56-58-60-62-64-66-71(74)76-69(67-72)68-75-70(73)65-63-61-59-57-55-53-51-49-47-45-43-41-39-30-28-26-24-22-20-18-16-14-12-10-8-6-4-2/h15-18,21-24,69,72H,3-14,19-20,25-68H2,1-2H3/b17-15-,18-16-,23-21-,24-22-. The quantitative estimate of drug-likeness (QED) is 0.0373. The van der Waals surface area contributed by atoms with E-state index in [0.717, 1.165) is 51.4 Å². The molecule has 0 saturated heterocycles. The monoisotopic (exact) mass is 1070 g/mol. The number of carbonyl (C=O) groups excluding carboxylic acids is 2. The molecule has 0 bridgehead atoms. The molecule has 446 valence electrons. The third kappa shape index (κ3) is 64.4. The summed E-state index contributed by atoms with van der Waals surface area (Å²) in [6.45, 7) is 4.17. The largest absolute Gasteiger partial charge is 0.462 e. The highest BCUT2D eigenvalue weighted by atomic mass is 16.6. The minimum atomic E-state index is -0.771. The molecule has 0 aromatic carbocycles. The lowest BCUT2D eigenvalue weighted by atomic mass is 10.0. The molecule has 0 aromatic rings. The highest BCUT2D eigenvalue weighted by Gasteiger charge is 2.16. The second-order valence-electron chi connectivity index (χ2n) is 23.3. The molecule has 1 atom stereocenters. The van der Waals surface area contributed by atoms with Gasteiger partial charge in [0.1, 0.15) is 6.61 Å². The fraction of sp³-hybridized carbons (Fsp3) is 0.859. The molecule has 0 rings (SSSR count). The Balaban J connectivity index is 3.40. The number of allylic oxidation sites excluding steroid dienone is 8. The van der Waals surface area contributed by atoms with Crippen LogP contribution in [0.2, 0.25) is 0 Å². The number of aliphatic hydroxyl groups excluding tert-OH is 1. The minimum Gasteiger partial charge on any atom is -0.462 e. The van der Waals surface area contributed by atoms with E-state index in [9.17, 15) is 14.7 Å². The van der Waals surface area contributed by atoms with Gasteiger partial charge in [-0.05, 0) is 77.0 Å². The van der Waals surface area contributed by atoms with Crippen LogP contribution in [0.3, 0.4) is 0 Å². The van der Waals surface area contributed by atoms with Crippen molar-refractivity contribution in [2.24, 2.45) is 0 Å². The van der Waals surface area contributed by atoms with Gasteiger partial charge >= 0.3 is 11.9 Å². The molecule has 0 aliphatic rings. The van der Waals surface area contributed by atoms with Gasteiger partial charge in [-0.25, -0.2) is 0 Å². The summed E-state index contributed by atoms with van der Waals surface area (Å²) in [6.07, 6.45) is 90.0. The Morgan fingerprint density at radius 2 is 0.526 bits per heavy atom. The maximum Gasteiger partial charge on any atom is 0.306 e. The van der Waals surface area contributed by atoms with Crippen molar-refractivity contribution in [1.82, 2.24) is 0 Å². The fourth-order valence-corrected chi connectivity index (χ4v) is 10.4. The molecule has 0 aliphatic heterocycles. The summed E-state index contributed by atoms with van der Waals surface area (Å²) >= 11 is 0. The first-order valence-corrected chi connectivity index (χ1v) is 34.2. The second-order valence-corrected chi connectivity index (χ2v) is 23.3. The average Bonchev–Trinajstić information content (AvgIpc) is 3.42. The van der Waals surface area contributed by atoms with E-state index in [-0.39, 0.29) is 25.2 Å². The first kappa shape index (κ1) is 73.9. The average molecular weight is 1070 g/mol. The molecule has 0 fully saturated rings. The Bertz CT molecular complexity index is 1250. The van der Waals surface area contributed by atoms with E-state index in [1.807, 2.05) is 0 Å². The SMILES string of the molecule is CCCCCCC/C=C\C/C=C\CCCCCCCCCCCCCCCCCCCCCCCCCC(=O)OC(CO)COC(=O)CCCCCCCCCCCCCCCCC/C=C\C/C=C\CCCCCCC. The van der Waals surface area contributed by atoms with Crippen LogP contribution in [0.1, 0.15) is 373 Å². The third-order valence-electron chi connectivity index (χ3n) is 15.6. The lowest BCUT2D eigenvalue weighted by Crippen LogP contribution is -2.28. The predicted octanol–water partition coefficient (Wildman–Crippen LogP) is 23.5. The van der Waals surface area contributed by atoms with Crippen molar-refractivity contribution in [3.05, 3.63) is 48.6 Å². The van der Waals surface area contributed by atoms with E-state index < -0.39 is 6.10 Å². The van der Waals surface area contributed by atoms with E-state index in [1.54, 1.807) is 0 Å². The van der Waals surface area contributed by atoms with Gasteiger partial charge in [0.15, 0.2) is 6.10 Å². The van der Waals surface area contributed by atoms with Gasteiger partial charge in [0.25, 0.3) is 0 Å². The van der Waals surface area contributed by atoms with Gasteiger partial charge in [0.05, 0.1) is 6.61 Å². The number of carbonyl (C=O) groups is 2. The molecule has 0 aliphatic carbocycles. The van der Waals surface area contributed by atoms with Crippen LogP contribution in [-0.2, 0) is 19.1 Å². The van der Waals surface area contributed by atoms with E-state index in [4.69, 9.17) is 9.47 Å². The van der Waals surface area contributed by atoms with Gasteiger partial charge in [-0.15, -0.1) is 0 Å². The molecule has 1 N–H and O–H groups in total. The van der Waals surface area contributed by atoms with Crippen molar-refractivity contribution in [1.29, 1.82) is 0 Å². The summed E-state index contributed by atoms with van der Waals surface area (Å²) in [5.74, 6) is -0.570. The van der Waals surface area contributed by atoms with E-state index >= 15 is 0 Å². The molecule has 5 heteroatoms. The number of hydrogen-bond donors (Lipinski definition) is 1. The Morgan fingerprint density at radius 3 is 0.776 bits per heavy atom. The van der Waals surface area contributed by atoms with Crippen LogP contribution < -0.4 is 0 Å². The lowest BCUT2D eigenvalue weighted by molar-refractivity contribution is -0.161. The minimum absolute atomic E-state index is 0.0611. The van der Waals surface area contributed by atoms with Crippen LogP contribution in [0.5, 0.6) is 0 Å². The fourth-order valence-electron chi connectivity index (χ4n) is 10.4. The van der Waals surface area contributed by atoms with Crippen molar-refractivity contribution < 1.29 is 24.2 Å². The van der Waals surface area contributed by atoms with Gasteiger partial charge in [0, 0.05) is 12.8 Å². The Morgan fingerprint density at radius 1 is 0.303 bits per heavy atom. The number of ether oxygens (including phenoxy) is 2. The Hall–Kier alpha value is -2.14. The topological polar surface area (TPSA) is 72.8 Å². The van der Waals surface area contributed by atoms with E-state index in [1.165, 1.54) is 295 Å². The molecule has 5 nitrogen and oxygen atoms in total. The zero-order chi connectivity index (χ0) is 54.8. The third-order valence-corrected chi connectivity index (χ3v) is 15.6. The molecule has 0 spiro atoms. The highest BCUT2D eigenvalue weighted by molar-refractivity contribution is 5.70. The Kier molecular flexibility index (Phi) is 65.2. The normalized spacial score (nSPS) is 12.4. The summed E-state index contributed by atoms with van der Waals surface area (Å²) in [5, 5.41) is 9.70. The van der Waals surface area contributed by atoms with Crippen LogP contribution in [-0.4, -0.2) is 36.4 Å². The molecular weight excluding hydrogens is 933 g/mol. The number of esters is 2. The zero-order valence-corrected chi connectivity index (χ0v) is 51.3. The highest BCUT2D eigenvalue weighted by Crippen LogP contribution is 2.18. The van der Waals surface area contributed by atoms with Crippen LogP contribution in [0.25, 0.3) is 0 Å².